The molecule has 2 N–H and O–H groups in total. The minimum atomic E-state index is -5.08. The van der Waals surface area contributed by atoms with E-state index in [1.165, 1.54) is 4.90 Å². The number of nitrogens with one attached hydrogen (secondary N) is 1. The quantitative estimate of drug-likeness (QED) is 0.838. The third kappa shape index (κ3) is 3.42. The maximum Gasteiger partial charge on any atom is 0.471 e. The molecule has 3 atom stereocenters. The number of carbonyl (C=O) groups is 2. The van der Waals surface area contributed by atoms with Gasteiger partial charge in [0.15, 0.2) is 0 Å². The highest BCUT2D eigenvalue weighted by atomic mass is 19.4. The number of hydrogen-bond acceptors (Lipinski definition) is 3. The molecule has 8 heteroatoms. The molecule has 26 heavy (non-hydrogen) atoms. The van der Waals surface area contributed by atoms with Gasteiger partial charge in [-0.25, -0.2) is 0 Å². The normalized spacial score (nSPS) is 29.7. The summed E-state index contributed by atoms with van der Waals surface area (Å²) >= 11 is 0. The van der Waals surface area contributed by atoms with E-state index >= 15 is 0 Å². The molecule has 2 heterocycles. The second-order valence-electron chi connectivity index (χ2n) is 6.91. The molecule has 2 amide bonds. The number of piperidine rings is 1. The number of rotatable bonds is 2. The standard InChI is InChI=1S/C18H21F3N2O3/c19-18(20,21)16(25)22-13-11-17(26,12-7-3-1-4-8-12)14-9-5-2-6-10-23(14)15(13)24/h1,3-4,7-8,13-14,26H,2,5-6,9-11H2,(H,22,25)/t13-,14+,17+/m0/s1. The Bertz CT molecular complexity index is 680. The van der Waals surface area contributed by atoms with E-state index in [9.17, 15) is 27.9 Å². The van der Waals surface area contributed by atoms with Crippen molar-refractivity contribution in [1.29, 1.82) is 0 Å². The molecule has 0 radical (unpaired) electrons. The number of hydrogen-bond donors (Lipinski definition) is 2. The van der Waals surface area contributed by atoms with Gasteiger partial charge in [0.25, 0.3) is 0 Å². The SMILES string of the molecule is O=C1[C@@H](NC(=O)C(F)(F)F)C[C@@](O)(c2ccccc2)[C@H]2CCCCCN12. The first-order chi connectivity index (χ1) is 12.2. The summed E-state index contributed by atoms with van der Waals surface area (Å²) < 4.78 is 37.9. The van der Waals surface area contributed by atoms with Crippen LogP contribution in [0.5, 0.6) is 0 Å². The Kier molecular flexibility index (Phi) is 4.96. The summed E-state index contributed by atoms with van der Waals surface area (Å²) in [6.45, 7) is 0.358. The van der Waals surface area contributed by atoms with Gasteiger partial charge in [-0.05, 0) is 18.4 Å². The van der Waals surface area contributed by atoms with Crippen LogP contribution in [0.4, 0.5) is 13.2 Å². The number of amides is 2. The molecule has 0 aromatic heterocycles. The lowest BCUT2D eigenvalue weighted by Crippen LogP contribution is -2.65. The molecule has 0 aliphatic carbocycles. The Labute approximate surface area is 149 Å². The van der Waals surface area contributed by atoms with Crippen LogP contribution in [-0.4, -0.2) is 46.6 Å². The lowest BCUT2D eigenvalue weighted by atomic mass is 9.75. The molecule has 5 nitrogen and oxygen atoms in total. The Balaban J connectivity index is 1.97. The number of halogens is 3. The summed E-state index contributed by atoms with van der Waals surface area (Å²) in [6, 6.07) is 6.70. The maximum atomic E-state index is 12.7. The Morgan fingerprint density at radius 3 is 2.54 bits per heavy atom. The molecule has 3 rings (SSSR count). The molecule has 0 unspecified atom stereocenters. The van der Waals surface area contributed by atoms with Crippen molar-refractivity contribution >= 4 is 11.8 Å². The highest BCUT2D eigenvalue weighted by Gasteiger charge is 2.53. The Morgan fingerprint density at radius 2 is 1.88 bits per heavy atom. The highest BCUT2D eigenvalue weighted by molar-refractivity contribution is 5.90. The summed E-state index contributed by atoms with van der Waals surface area (Å²) in [5.41, 5.74) is -0.973. The molecule has 2 aliphatic rings. The van der Waals surface area contributed by atoms with Crippen molar-refractivity contribution in [3.05, 3.63) is 35.9 Å². The minimum absolute atomic E-state index is 0.279. The van der Waals surface area contributed by atoms with Crippen molar-refractivity contribution in [3.8, 4) is 0 Å². The van der Waals surface area contributed by atoms with Crippen molar-refractivity contribution in [1.82, 2.24) is 10.2 Å². The van der Waals surface area contributed by atoms with E-state index in [0.29, 0.717) is 24.9 Å². The fourth-order valence-corrected chi connectivity index (χ4v) is 3.99. The second kappa shape index (κ2) is 6.90. The summed E-state index contributed by atoms with van der Waals surface area (Å²) in [5.74, 6) is -2.73. The van der Waals surface area contributed by atoms with Crippen LogP contribution < -0.4 is 5.32 Å². The van der Waals surface area contributed by atoms with Crippen LogP contribution in [0.2, 0.25) is 0 Å². The van der Waals surface area contributed by atoms with E-state index in [-0.39, 0.29) is 6.42 Å². The zero-order chi connectivity index (χ0) is 18.9. The van der Waals surface area contributed by atoms with Crippen molar-refractivity contribution in [2.75, 3.05) is 6.54 Å². The van der Waals surface area contributed by atoms with Crippen LogP contribution >= 0.6 is 0 Å². The van der Waals surface area contributed by atoms with E-state index in [1.54, 1.807) is 35.6 Å². The molecule has 0 bridgehead atoms. The van der Waals surface area contributed by atoms with Gasteiger partial charge in [-0.3, -0.25) is 9.59 Å². The lowest BCUT2D eigenvalue weighted by molar-refractivity contribution is -0.179. The number of carbonyl (C=O) groups excluding carboxylic acids is 2. The zero-order valence-electron chi connectivity index (χ0n) is 14.1. The van der Waals surface area contributed by atoms with Gasteiger partial charge in [-0.2, -0.15) is 13.2 Å². The van der Waals surface area contributed by atoms with Gasteiger partial charge in [0.1, 0.15) is 11.6 Å². The van der Waals surface area contributed by atoms with Crippen LogP contribution in [-0.2, 0) is 15.2 Å². The molecule has 0 saturated carbocycles. The molecule has 1 aromatic carbocycles. The third-order valence-corrected chi connectivity index (χ3v) is 5.24. The van der Waals surface area contributed by atoms with Crippen LogP contribution in [0.1, 0.15) is 37.7 Å². The van der Waals surface area contributed by atoms with E-state index in [4.69, 9.17) is 0 Å². The predicted molar refractivity (Wildman–Crippen MR) is 86.9 cm³/mol. The number of aliphatic hydroxyl groups is 1. The van der Waals surface area contributed by atoms with Crippen molar-refractivity contribution in [2.45, 2.75) is 56.0 Å². The highest BCUT2D eigenvalue weighted by Crippen LogP contribution is 2.41. The number of benzene rings is 1. The van der Waals surface area contributed by atoms with Crippen molar-refractivity contribution < 1.29 is 27.9 Å². The first-order valence-corrected chi connectivity index (χ1v) is 8.69. The molecule has 142 valence electrons. The lowest BCUT2D eigenvalue weighted by Gasteiger charge is -2.49. The van der Waals surface area contributed by atoms with Gasteiger partial charge in [-0.1, -0.05) is 43.2 Å². The van der Waals surface area contributed by atoms with Gasteiger partial charge >= 0.3 is 12.1 Å². The number of alkyl halides is 3. The largest absolute Gasteiger partial charge is 0.471 e. The van der Waals surface area contributed by atoms with Crippen LogP contribution in [0.3, 0.4) is 0 Å². The molecule has 0 spiro atoms. The van der Waals surface area contributed by atoms with Crippen LogP contribution in [0.25, 0.3) is 0 Å². The number of fused-ring (bicyclic) bond motifs is 1. The molecule has 2 fully saturated rings. The van der Waals surface area contributed by atoms with Crippen molar-refractivity contribution in [2.24, 2.45) is 0 Å². The third-order valence-electron chi connectivity index (χ3n) is 5.24. The first kappa shape index (κ1) is 18.7. The predicted octanol–water partition coefficient (Wildman–Crippen LogP) is 2.10. The van der Waals surface area contributed by atoms with Gasteiger partial charge in [0.2, 0.25) is 5.91 Å². The zero-order valence-corrected chi connectivity index (χ0v) is 14.1. The minimum Gasteiger partial charge on any atom is -0.383 e. The molecule has 2 saturated heterocycles. The van der Waals surface area contributed by atoms with E-state index < -0.39 is 35.7 Å². The fourth-order valence-electron chi connectivity index (χ4n) is 3.99. The average Bonchev–Trinajstić information content (AvgIpc) is 2.86. The Hall–Kier alpha value is -2.09. The van der Waals surface area contributed by atoms with Gasteiger partial charge < -0.3 is 15.3 Å². The summed E-state index contributed by atoms with van der Waals surface area (Å²) in [4.78, 5) is 25.5. The van der Waals surface area contributed by atoms with Crippen molar-refractivity contribution in [3.63, 3.8) is 0 Å². The van der Waals surface area contributed by atoms with Gasteiger partial charge in [0, 0.05) is 13.0 Å². The summed E-state index contributed by atoms with van der Waals surface area (Å²) in [6.07, 6.45) is -2.38. The van der Waals surface area contributed by atoms with E-state index in [1.807, 2.05) is 0 Å². The topological polar surface area (TPSA) is 69.6 Å². The van der Waals surface area contributed by atoms with Gasteiger partial charge in [-0.15, -0.1) is 0 Å². The fraction of sp³-hybridized carbons (Fsp3) is 0.556. The smallest absolute Gasteiger partial charge is 0.383 e. The summed E-state index contributed by atoms with van der Waals surface area (Å²) in [5, 5.41) is 13.2. The molecule has 2 aliphatic heterocycles. The Morgan fingerprint density at radius 1 is 1.19 bits per heavy atom. The molecular weight excluding hydrogens is 349 g/mol. The average molecular weight is 370 g/mol. The first-order valence-electron chi connectivity index (χ1n) is 8.69. The monoisotopic (exact) mass is 370 g/mol. The van der Waals surface area contributed by atoms with E-state index in [0.717, 1.165) is 12.8 Å². The van der Waals surface area contributed by atoms with E-state index in [2.05, 4.69) is 0 Å². The van der Waals surface area contributed by atoms with Gasteiger partial charge in [0.05, 0.1) is 6.04 Å². The molecule has 1 aromatic rings. The number of nitrogens with zero attached hydrogens (tertiary/aromatic N) is 1. The van der Waals surface area contributed by atoms with Crippen LogP contribution in [0.15, 0.2) is 30.3 Å². The maximum absolute atomic E-state index is 12.7. The summed E-state index contributed by atoms with van der Waals surface area (Å²) in [7, 11) is 0. The van der Waals surface area contributed by atoms with Crippen LogP contribution in [0, 0.1) is 0 Å². The molecular formula is C18H21F3N2O3. The second-order valence-corrected chi connectivity index (χ2v) is 6.91.